The van der Waals surface area contributed by atoms with Crippen molar-refractivity contribution < 1.29 is 9.21 Å². The van der Waals surface area contributed by atoms with Crippen molar-refractivity contribution in [1.29, 1.82) is 0 Å². The summed E-state index contributed by atoms with van der Waals surface area (Å²) in [6.07, 6.45) is 3.38. The molecular formula is C23H31N3O2. The lowest BCUT2D eigenvalue weighted by atomic mass is 10.1. The fourth-order valence-electron chi connectivity index (χ4n) is 3.82. The number of urea groups is 1. The Bertz CT molecular complexity index is 825. The van der Waals surface area contributed by atoms with Crippen LogP contribution in [-0.2, 0) is 19.6 Å². The second kappa shape index (κ2) is 8.00. The number of carbonyl (C=O) groups is 1. The van der Waals surface area contributed by atoms with Gasteiger partial charge in [0.2, 0.25) is 0 Å². The normalized spacial score (nSPS) is 21.0. The molecule has 1 aromatic carbocycles. The van der Waals surface area contributed by atoms with Crippen LogP contribution in [0.2, 0.25) is 0 Å². The highest BCUT2D eigenvalue weighted by Crippen LogP contribution is 2.47. The van der Waals surface area contributed by atoms with Gasteiger partial charge >= 0.3 is 6.03 Å². The quantitative estimate of drug-likeness (QED) is 0.740. The van der Waals surface area contributed by atoms with Crippen LogP contribution >= 0.6 is 0 Å². The summed E-state index contributed by atoms with van der Waals surface area (Å²) in [5, 5.41) is 3.13. The summed E-state index contributed by atoms with van der Waals surface area (Å²) in [5.41, 5.74) is 2.42. The SMILES string of the molecule is CC1CC1c1ccc(CN(C(=O)NCc2ccccc2CN(C)C)C2CC2)o1. The summed E-state index contributed by atoms with van der Waals surface area (Å²) < 4.78 is 6.04. The third kappa shape index (κ3) is 4.58. The minimum Gasteiger partial charge on any atom is -0.464 e. The predicted molar refractivity (Wildman–Crippen MR) is 110 cm³/mol. The first kappa shape index (κ1) is 19.1. The Morgan fingerprint density at radius 1 is 1.11 bits per heavy atom. The molecule has 0 bridgehead atoms. The second-order valence-electron chi connectivity index (χ2n) is 8.65. The molecule has 2 aromatic rings. The minimum atomic E-state index is -0.0000962. The van der Waals surface area contributed by atoms with E-state index in [1.54, 1.807) is 0 Å². The van der Waals surface area contributed by atoms with Crippen molar-refractivity contribution in [1.82, 2.24) is 15.1 Å². The molecule has 5 nitrogen and oxygen atoms in total. The number of rotatable bonds is 8. The average molecular weight is 382 g/mol. The number of hydrogen-bond acceptors (Lipinski definition) is 3. The molecule has 0 radical (unpaired) electrons. The second-order valence-corrected chi connectivity index (χ2v) is 8.65. The van der Waals surface area contributed by atoms with E-state index in [-0.39, 0.29) is 6.03 Å². The third-order valence-corrected chi connectivity index (χ3v) is 5.77. The van der Waals surface area contributed by atoms with E-state index >= 15 is 0 Å². The Morgan fingerprint density at radius 2 is 1.82 bits per heavy atom. The standard InChI is InChI=1S/C23H31N3O2/c1-16-12-21(16)22-11-10-20(28-22)15-26(19-8-9-19)23(27)24-13-17-6-4-5-7-18(17)14-25(2)3/h4-7,10-11,16,19,21H,8-9,12-15H2,1-3H3,(H,24,27). The molecule has 2 fully saturated rings. The average Bonchev–Trinajstić information content (AvgIpc) is 3.58. The molecule has 1 aromatic heterocycles. The number of carbonyl (C=O) groups excluding carboxylic acids is 1. The maximum Gasteiger partial charge on any atom is 0.318 e. The van der Waals surface area contributed by atoms with Crippen molar-refractivity contribution in [3.8, 4) is 0 Å². The van der Waals surface area contributed by atoms with Gasteiger partial charge in [0.15, 0.2) is 0 Å². The molecule has 5 heteroatoms. The Kier molecular flexibility index (Phi) is 5.44. The molecule has 2 aliphatic carbocycles. The molecule has 1 heterocycles. The fourth-order valence-corrected chi connectivity index (χ4v) is 3.82. The molecule has 150 valence electrons. The molecule has 1 N–H and O–H groups in total. The van der Waals surface area contributed by atoms with Gasteiger partial charge in [-0.25, -0.2) is 4.79 Å². The lowest BCUT2D eigenvalue weighted by molar-refractivity contribution is 0.186. The first-order chi connectivity index (χ1) is 13.5. The summed E-state index contributed by atoms with van der Waals surface area (Å²) in [5.74, 6) is 3.27. The van der Waals surface area contributed by atoms with E-state index in [1.165, 1.54) is 17.5 Å². The van der Waals surface area contributed by atoms with Crippen LogP contribution in [0.3, 0.4) is 0 Å². The van der Waals surface area contributed by atoms with Crippen LogP contribution in [0.5, 0.6) is 0 Å². The van der Waals surface area contributed by atoms with Crippen molar-refractivity contribution in [2.75, 3.05) is 14.1 Å². The van der Waals surface area contributed by atoms with Gasteiger partial charge in [0.05, 0.1) is 6.54 Å². The maximum absolute atomic E-state index is 12.9. The molecule has 2 amide bonds. The molecule has 28 heavy (non-hydrogen) atoms. The molecule has 0 spiro atoms. The summed E-state index contributed by atoms with van der Waals surface area (Å²) in [6.45, 7) is 4.23. The van der Waals surface area contributed by atoms with Gasteiger partial charge in [0.1, 0.15) is 11.5 Å². The summed E-state index contributed by atoms with van der Waals surface area (Å²) in [7, 11) is 4.12. The Labute approximate surface area is 167 Å². The Morgan fingerprint density at radius 3 is 2.46 bits per heavy atom. The zero-order valence-corrected chi connectivity index (χ0v) is 17.1. The highest BCUT2D eigenvalue weighted by atomic mass is 16.3. The van der Waals surface area contributed by atoms with Gasteiger partial charge in [-0.1, -0.05) is 31.2 Å². The summed E-state index contributed by atoms with van der Waals surface area (Å²) in [6, 6.07) is 12.8. The highest BCUT2D eigenvalue weighted by molar-refractivity contribution is 5.75. The molecule has 4 rings (SSSR count). The molecule has 0 saturated heterocycles. The first-order valence-electron chi connectivity index (χ1n) is 10.4. The van der Waals surface area contributed by atoms with Crippen molar-refractivity contribution in [2.24, 2.45) is 5.92 Å². The van der Waals surface area contributed by atoms with Gasteiger partial charge in [-0.05, 0) is 62.5 Å². The van der Waals surface area contributed by atoms with E-state index < -0.39 is 0 Å². The van der Waals surface area contributed by atoms with Gasteiger partial charge in [0.25, 0.3) is 0 Å². The smallest absolute Gasteiger partial charge is 0.318 e. The number of nitrogens with zero attached hydrogens (tertiary/aromatic N) is 2. The van der Waals surface area contributed by atoms with E-state index in [0.717, 1.165) is 36.8 Å². The van der Waals surface area contributed by atoms with Crippen LogP contribution in [0.25, 0.3) is 0 Å². The number of benzene rings is 1. The largest absolute Gasteiger partial charge is 0.464 e. The lowest BCUT2D eigenvalue weighted by Crippen LogP contribution is -2.40. The zero-order chi connectivity index (χ0) is 19.7. The van der Waals surface area contributed by atoms with E-state index in [2.05, 4.69) is 55.5 Å². The maximum atomic E-state index is 12.9. The van der Waals surface area contributed by atoms with Crippen molar-refractivity contribution in [3.63, 3.8) is 0 Å². The number of nitrogens with one attached hydrogen (secondary N) is 1. The highest BCUT2D eigenvalue weighted by Gasteiger charge is 2.37. The Balaban J connectivity index is 1.37. The third-order valence-electron chi connectivity index (χ3n) is 5.77. The minimum absolute atomic E-state index is 0.0000962. The molecular weight excluding hydrogens is 350 g/mol. The van der Waals surface area contributed by atoms with Crippen molar-refractivity contribution in [2.45, 2.75) is 57.8 Å². The van der Waals surface area contributed by atoms with Gasteiger partial charge in [-0.2, -0.15) is 0 Å². The topological polar surface area (TPSA) is 48.7 Å². The van der Waals surface area contributed by atoms with Gasteiger partial charge in [0, 0.05) is 25.0 Å². The van der Waals surface area contributed by atoms with Crippen LogP contribution in [0.15, 0.2) is 40.8 Å². The predicted octanol–water partition coefficient (Wildman–Crippen LogP) is 4.34. The molecule has 2 unspecified atom stereocenters. The number of hydrogen-bond donors (Lipinski definition) is 1. The molecule has 2 saturated carbocycles. The van der Waals surface area contributed by atoms with Crippen LogP contribution in [0.1, 0.15) is 54.8 Å². The van der Waals surface area contributed by atoms with E-state index in [4.69, 9.17) is 4.42 Å². The van der Waals surface area contributed by atoms with E-state index in [0.29, 0.717) is 25.0 Å². The lowest BCUT2D eigenvalue weighted by Gasteiger charge is -2.22. The van der Waals surface area contributed by atoms with Gasteiger partial charge in [-0.3, -0.25) is 0 Å². The number of amides is 2. The Hall–Kier alpha value is -2.27. The van der Waals surface area contributed by atoms with E-state index in [9.17, 15) is 4.79 Å². The fraction of sp³-hybridized carbons (Fsp3) is 0.522. The van der Waals surface area contributed by atoms with E-state index in [1.807, 2.05) is 17.0 Å². The molecule has 2 aliphatic rings. The van der Waals surface area contributed by atoms with Gasteiger partial charge in [-0.15, -0.1) is 0 Å². The van der Waals surface area contributed by atoms with Crippen LogP contribution in [0, 0.1) is 5.92 Å². The van der Waals surface area contributed by atoms with Crippen LogP contribution in [0.4, 0.5) is 4.79 Å². The summed E-state index contributed by atoms with van der Waals surface area (Å²) >= 11 is 0. The van der Waals surface area contributed by atoms with Crippen LogP contribution in [-0.4, -0.2) is 36.0 Å². The molecule has 0 aliphatic heterocycles. The first-order valence-corrected chi connectivity index (χ1v) is 10.4. The monoisotopic (exact) mass is 381 g/mol. The molecule has 2 atom stereocenters. The number of furan rings is 1. The summed E-state index contributed by atoms with van der Waals surface area (Å²) in [4.78, 5) is 17.0. The van der Waals surface area contributed by atoms with Crippen molar-refractivity contribution >= 4 is 6.03 Å². The zero-order valence-electron chi connectivity index (χ0n) is 17.1. The van der Waals surface area contributed by atoms with Crippen molar-refractivity contribution in [3.05, 3.63) is 59.0 Å². The van der Waals surface area contributed by atoms with Gasteiger partial charge < -0.3 is 19.5 Å². The van der Waals surface area contributed by atoms with Crippen LogP contribution < -0.4 is 5.32 Å².